The number of nitrogens with zero attached hydrogens (tertiary/aromatic N) is 1. The van der Waals surface area contributed by atoms with Gasteiger partial charge in [0.1, 0.15) is 0 Å². The van der Waals surface area contributed by atoms with E-state index >= 15 is 0 Å². The Kier molecular flexibility index (Phi) is 5.11. The van der Waals surface area contributed by atoms with Crippen molar-refractivity contribution in [3.8, 4) is 0 Å². The summed E-state index contributed by atoms with van der Waals surface area (Å²) in [5.74, 6) is 0.228. The Morgan fingerprint density at radius 2 is 2.12 bits per heavy atom. The lowest BCUT2D eigenvalue weighted by molar-refractivity contribution is -0.118. The Bertz CT molecular complexity index is 407. The normalized spacial score (nSPS) is 13.2. The first-order chi connectivity index (χ1) is 7.99. The van der Waals surface area contributed by atoms with Gasteiger partial charge in [-0.15, -0.1) is 0 Å². The van der Waals surface area contributed by atoms with E-state index in [1.54, 1.807) is 6.08 Å². The molecule has 1 aromatic carbocycles. The number of carbonyl (C=O) groups is 1. The molecule has 0 spiro atoms. The first kappa shape index (κ1) is 13.7. The average molecular weight is 231 g/mol. The zero-order valence-corrected chi connectivity index (χ0v) is 11.1. The Morgan fingerprint density at radius 3 is 2.71 bits per heavy atom. The quantitative estimate of drug-likeness (QED) is 0.726. The van der Waals surface area contributed by atoms with Crippen LogP contribution in [-0.4, -0.2) is 31.3 Å². The summed E-state index contributed by atoms with van der Waals surface area (Å²) < 4.78 is 0. The number of ketones is 1. The minimum atomic E-state index is 0.0473. The van der Waals surface area contributed by atoms with Crippen LogP contribution in [0.2, 0.25) is 0 Å². The molecule has 0 fully saturated rings. The van der Waals surface area contributed by atoms with E-state index in [0.717, 1.165) is 12.1 Å². The third-order valence-electron chi connectivity index (χ3n) is 2.61. The zero-order valence-electron chi connectivity index (χ0n) is 11.1. The number of hydrogen-bond donors (Lipinski definition) is 0. The second kappa shape index (κ2) is 6.36. The lowest BCUT2D eigenvalue weighted by Crippen LogP contribution is -2.24. The molecule has 0 aliphatic heterocycles. The molecule has 1 aromatic rings. The summed E-state index contributed by atoms with van der Waals surface area (Å²) in [6.45, 7) is 4.80. The molecule has 0 unspecified atom stereocenters. The molecule has 2 nitrogen and oxygen atoms in total. The standard InChI is InChI=1S/C15H21NO/c1-12-6-5-7-14(10-12)8-9-15(17)13(2)11-16(3)4/h5-10,13H,11H2,1-4H3/b9-8-/t13-/m1/s1. The fraction of sp³-hybridized carbons (Fsp3) is 0.400. The molecule has 0 N–H and O–H groups in total. The highest BCUT2D eigenvalue weighted by atomic mass is 16.1. The maximum absolute atomic E-state index is 11.8. The van der Waals surface area contributed by atoms with E-state index < -0.39 is 0 Å². The van der Waals surface area contributed by atoms with Crippen LogP contribution < -0.4 is 0 Å². The molecule has 0 bridgehead atoms. The van der Waals surface area contributed by atoms with Gasteiger partial charge in [0, 0.05) is 12.5 Å². The molecule has 0 amide bonds. The van der Waals surface area contributed by atoms with Crippen LogP contribution in [0.15, 0.2) is 30.3 Å². The van der Waals surface area contributed by atoms with Crippen molar-refractivity contribution in [2.75, 3.05) is 20.6 Å². The van der Waals surface area contributed by atoms with Crippen LogP contribution in [0.25, 0.3) is 6.08 Å². The number of rotatable bonds is 5. The predicted octanol–water partition coefficient (Wildman–Crippen LogP) is 2.78. The van der Waals surface area contributed by atoms with Crippen molar-refractivity contribution >= 4 is 11.9 Å². The van der Waals surface area contributed by atoms with Gasteiger partial charge < -0.3 is 4.90 Å². The van der Waals surface area contributed by atoms with Gasteiger partial charge in [-0.1, -0.05) is 42.8 Å². The van der Waals surface area contributed by atoms with E-state index in [1.165, 1.54) is 5.56 Å². The van der Waals surface area contributed by atoms with Crippen LogP contribution in [-0.2, 0) is 4.79 Å². The topological polar surface area (TPSA) is 20.3 Å². The maximum Gasteiger partial charge on any atom is 0.159 e. The number of hydrogen-bond acceptors (Lipinski definition) is 2. The lowest BCUT2D eigenvalue weighted by Gasteiger charge is -2.13. The summed E-state index contributed by atoms with van der Waals surface area (Å²) in [7, 11) is 3.96. The Labute approximate surface area is 104 Å². The van der Waals surface area contributed by atoms with Crippen LogP contribution in [0.5, 0.6) is 0 Å². The smallest absolute Gasteiger partial charge is 0.159 e. The lowest BCUT2D eigenvalue weighted by atomic mass is 10.0. The molecule has 0 aliphatic carbocycles. The molecule has 0 aromatic heterocycles. The second-order valence-corrected chi connectivity index (χ2v) is 4.81. The number of aryl methyl sites for hydroxylation is 1. The summed E-state index contributed by atoms with van der Waals surface area (Å²) in [6.07, 6.45) is 3.57. The Morgan fingerprint density at radius 1 is 1.41 bits per heavy atom. The Hall–Kier alpha value is -1.41. The highest BCUT2D eigenvalue weighted by Gasteiger charge is 2.10. The van der Waals surface area contributed by atoms with Gasteiger partial charge in [0.2, 0.25) is 0 Å². The largest absolute Gasteiger partial charge is 0.309 e. The van der Waals surface area contributed by atoms with Crippen molar-refractivity contribution in [3.63, 3.8) is 0 Å². The first-order valence-electron chi connectivity index (χ1n) is 5.92. The minimum Gasteiger partial charge on any atom is -0.309 e. The molecule has 0 radical (unpaired) electrons. The summed E-state index contributed by atoms with van der Waals surface area (Å²) in [6, 6.07) is 8.13. The van der Waals surface area contributed by atoms with Gasteiger partial charge in [-0.2, -0.15) is 0 Å². The molecule has 1 rings (SSSR count). The summed E-state index contributed by atoms with van der Waals surface area (Å²) in [5, 5.41) is 0. The van der Waals surface area contributed by atoms with Gasteiger partial charge in [0.25, 0.3) is 0 Å². The number of allylic oxidation sites excluding steroid dienone is 1. The number of carbonyl (C=O) groups excluding carboxylic acids is 1. The van der Waals surface area contributed by atoms with Crippen LogP contribution in [0, 0.1) is 12.8 Å². The van der Waals surface area contributed by atoms with E-state index in [9.17, 15) is 4.79 Å². The molecular weight excluding hydrogens is 210 g/mol. The van der Waals surface area contributed by atoms with Gasteiger partial charge in [0.05, 0.1) is 0 Å². The summed E-state index contributed by atoms with van der Waals surface area (Å²) in [4.78, 5) is 13.9. The molecule has 0 aliphatic rings. The minimum absolute atomic E-state index is 0.0473. The van der Waals surface area contributed by atoms with E-state index in [-0.39, 0.29) is 11.7 Å². The van der Waals surface area contributed by atoms with Crippen molar-refractivity contribution in [2.24, 2.45) is 5.92 Å². The molecule has 0 heterocycles. The van der Waals surface area contributed by atoms with Gasteiger partial charge in [-0.05, 0) is 32.7 Å². The fourth-order valence-electron chi connectivity index (χ4n) is 1.75. The summed E-state index contributed by atoms with van der Waals surface area (Å²) >= 11 is 0. The van der Waals surface area contributed by atoms with Crippen molar-refractivity contribution in [3.05, 3.63) is 41.5 Å². The first-order valence-corrected chi connectivity index (χ1v) is 5.92. The molecule has 92 valence electrons. The average Bonchev–Trinajstić information content (AvgIpc) is 2.25. The third kappa shape index (κ3) is 4.96. The van der Waals surface area contributed by atoms with Crippen molar-refractivity contribution in [2.45, 2.75) is 13.8 Å². The SMILES string of the molecule is Cc1cccc(/C=C\C(=O)[C@H](C)CN(C)C)c1. The van der Waals surface area contributed by atoms with Gasteiger partial charge >= 0.3 is 0 Å². The molecule has 0 saturated heterocycles. The van der Waals surface area contributed by atoms with E-state index in [1.807, 2.05) is 57.1 Å². The van der Waals surface area contributed by atoms with Gasteiger partial charge in [0.15, 0.2) is 5.78 Å². The van der Waals surface area contributed by atoms with Crippen molar-refractivity contribution in [1.82, 2.24) is 4.90 Å². The molecule has 2 heteroatoms. The van der Waals surface area contributed by atoms with Crippen LogP contribution >= 0.6 is 0 Å². The maximum atomic E-state index is 11.8. The molecule has 1 atom stereocenters. The molecular formula is C15H21NO. The van der Waals surface area contributed by atoms with Crippen molar-refractivity contribution < 1.29 is 4.79 Å². The van der Waals surface area contributed by atoms with Crippen LogP contribution in [0.3, 0.4) is 0 Å². The van der Waals surface area contributed by atoms with Crippen molar-refractivity contribution in [1.29, 1.82) is 0 Å². The zero-order chi connectivity index (χ0) is 12.8. The predicted molar refractivity (Wildman–Crippen MR) is 72.9 cm³/mol. The Balaban J connectivity index is 2.62. The van der Waals surface area contributed by atoms with Crippen LogP contribution in [0.4, 0.5) is 0 Å². The van der Waals surface area contributed by atoms with Crippen LogP contribution in [0.1, 0.15) is 18.1 Å². The van der Waals surface area contributed by atoms with Gasteiger partial charge in [-0.25, -0.2) is 0 Å². The molecule has 0 saturated carbocycles. The van der Waals surface area contributed by atoms with E-state index in [4.69, 9.17) is 0 Å². The molecule has 17 heavy (non-hydrogen) atoms. The second-order valence-electron chi connectivity index (χ2n) is 4.81. The van der Waals surface area contributed by atoms with Gasteiger partial charge in [-0.3, -0.25) is 4.79 Å². The van der Waals surface area contributed by atoms with E-state index in [2.05, 4.69) is 6.07 Å². The number of benzene rings is 1. The highest BCUT2D eigenvalue weighted by molar-refractivity contribution is 5.95. The monoisotopic (exact) mass is 231 g/mol. The fourth-order valence-corrected chi connectivity index (χ4v) is 1.75. The third-order valence-corrected chi connectivity index (χ3v) is 2.61. The highest BCUT2D eigenvalue weighted by Crippen LogP contribution is 2.07. The summed E-state index contributed by atoms with van der Waals surface area (Å²) in [5.41, 5.74) is 2.29. The van der Waals surface area contributed by atoms with E-state index in [0.29, 0.717) is 0 Å².